The Balaban J connectivity index is 2.15. The Morgan fingerprint density at radius 2 is 1.72 bits per heavy atom. The summed E-state index contributed by atoms with van der Waals surface area (Å²) in [5, 5.41) is 3.70. The molecular weight excluding hydrogens is 220 g/mol. The van der Waals surface area contributed by atoms with Crippen molar-refractivity contribution in [2.24, 2.45) is 5.92 Å². The van der Waals surface area contributed by atoms with Crippen molar-refractivity contribution in [2.75, 3.05) is 20.1 Å². The van der Waals surface area contributed by atoms with Crippen LogP contribution in [0.2, 0.25) is 0 Å². The van der Waals surface area contributed by atoms with E-state index in [1.165, 1.54) is 64.5 Å². The zero-order valence-corrected chi connectivity index (χ0v) is 12.7. The highest BCUT2D eigenvalue weighted by Crippen LogP contribution is 2.42. The third kappa shape index (κ3) is 2.60. The van der Waals surface area contributed by atoms with Crippen LogP contribution in [-0.2, 0) is 0 Å². The molecule has 2 rings (SSSR count). The van der Waals surface area contributed by atoms with E-state index in [4.69, 9.17) is 0 Å². The van der Waals surface area contributed by atoms with Crippen molar-refractivity contribution in [3.8, 4) is 0 Å². The van der Waals surface area contributed by atoms with Crippen LogP contribution < -0.4 is 5.32 Å². The molecule has 0 aromatic heterocycles. The summed E-state index contributed by atoms with van der Waals surface area (Å²) < 4.78 is 0. The molecule has 1 saturated heterocycles. The standard InChI is InChI=1S/C16H32N2/c1-4-9-14(2)15(17-3)16(10-5-6-11-16)18-12-7-8-13-18/h14-15,17H,4-13H2,1-3H3. The zero-order chi connectivity index (χ0) is 13.0. The number of likely N-dealkylation sites (N-methyl/N-ethyl adjacent to an activating group) is 1. The van der Waals surface area contributed by atoms with E-state index in [9.17, 15) is 0 Å². The van der Waals surface area contributed by atoms with Gasteiger partial charge in [0.2, 0.25) is 0 Å². The molecule has 2 aliphatic rings. The van der Waals surface area contributed by atoms with Crippen molar-refractivity contribution >= 4 is 0 Å². The Hall–Kier alpha value is -0.0800. The molecule has 1 aliphatic heterocycles. The van der Waals surface area contributed by atoms with Gasteiger partial charge < -0.3 is 5.32 Å². The highest BCUT2D eigenvalue weighted by atomic mass is 15.2. The van der Waals surface area contributed by atoms with E-state index in [-0.39, 0.29) is 0 Å². The molecule has 0 spiro atoms. The van der Waals surface area contributed by atoms with E-state index in [0.717, 1.165) is 5.92 Å². The lowest BCUT2D eigenvalue weighted by Crippen LogP contribution is -2.60. The van der Waals surface area contributed by atoms with Crippen molar-refractivity contribution in [3.05, 3.63) is 0 Å². The quantitative estimate of drug-likeness (QED) is 0.779. The van der Waals surface area contributed by atoms with Crippen molar-refractivity contribution < 1.29 is 0 Å². The predicted octanol–water partition coefficient (Wildman–Crippen LogP) is 3.42. The maximum absolute atomic E-state index is 3.70. The molecule has 18 heavy (non-hydrogen) atoms. The fourth-order valence-corrected chi connectivity index (χ4v) is 4.68. The minimum atomic E-state index is 0.486. The van der Waals surface area contributed by atoms with E-state index < -0.39 is 0 Å². The Bertz CT molecular complexity index is 239. The van der Waals surface area contributed by atoms with Gasteiger partial charge in [-0.05, 0) is 58.2 Å². The van der Waals surface area contributed by atoms with Gasteiger partial charge in [0.25, 0.3) is 0 Å². The van der Waals surface area contributed by atoms with Crippen LogP contribution in [0.5, 0.6) is 0 Å². The first-order valence-corrected chi connectivity index (χ1v) is 8.17. The van der Waals surface area contributed by atoms with Crippen LogP contribution in [0, 0.1) is 5.92 Å². The molecule has 0 amide bonds. The SMILES string of the molecule is CCCC(C)C(NC)C1(N2CCCC2)CCCC1. The third-order valence-electron chi connectivity index (χ3n) is 5.41. The number of nitrogens with zero attached hydrogens (tertiary/aromatic N) is 1. The zero-order valence-electron chi connectivity index (χ0n) is 12.7. The van der Waals surface area contributed by atoms with Crippen LogP contribution in [0.1, 0.15) is 65.2 Å². The predicted molar refractivity (Wildman–Crippen MR) is 78.9 cm³/mol. The smallest absolute Gasteiger partial charge is 0.0365 e. The summed E-state index contributed by atoms with van der Waals surface area (Å²) in [6.07, 6.45) is 11.2. The van der Waals surface area contributed by atoms with E-state index in [0.29, 0.717) is 11.6 Å². The first-order valence-electron chi connectivity index (χ1n) is 8.17. The average molecular weight is 252 g/mol. The van der Waals surface area contributed by atoms with Crippen LogP contribution in [0.4, 0.5) is 0 Å². The molecule has 2 unspecified atom stereocenters. The Morgan fingerprint density at radius 1 is 1.11 bits per heavy atom. The van der Waals surface area contributed by atoms with Gasteiger partial charge in [0.05, 0.1) is 0 Å². The molecule has 1 N–H and O–H groups in total. The van der Waals surface area contributed by atoms with Gasteiger partial charge in [-0.1, -0.05) is 33.1 Å². The summed E-state index contributed by atoms with van der Waals surface area (Å²) in [5.41, 5.74) is 0.486. The second kappa shape index (κ2) is 6.38. The number of hydrogen-bond acceptors (Lipinski definition) is 2. The first kappa shape index (κ1) is 14.3. The number of hydrogen-bond donors (Lipinski definition) is 1. The van der Waals surface area contributed by atoms with Crippen molar-refractivity contribution in [1.82, 2.24) is 10.2 Å². The number of nitrogens with one attached hydrogen (secondary N) is 1. The minimum Gasteiger partial charge on any atom is -0.315 e. The Morgan fingerprint density at radius 3 is 2.22 bits per heavy atom. The summed E-state index contributed by atoms with van der Waals surface area (Å²) in [4.78, 5) is 2.84. The fraction of sp³-hybridized carbons (Fsp3) is 1.00. The molecule has 106 valence electrons. The van der Waals surface area contributed by atoms with Crippen molar-refractivity contribution in [3.63, 3.8) is 0 Å². The van der Waals surface area contributed by atoms with Gasteiger partial charge in [-0.2, -0.15) is 0 Å². The first-order chi connectivity index (χ1) is 8.74. The fourth-order valence-electron chi connectivity index (χ4n) is 4.68. The van der Waals surface area contributed by atoms with E-state index >= 15 is 0 Å². The lowest BCUT2D eigenvalue weighted by atomic mass is 9.78. The minimum absolute atomic E-state index is 0.486. The van der Waals surface area contributed by atoms with E-state index in [1.807, 2.05) is 0 Å². The average Bonchev–Trinajstić information content (AvgIpc) is 3.01. The van der Waals surface area contributed by atoms with Crippen molar-refractivity contribution in [1.29, 1.82) is 0 Å². The summed E-state index contributed by atoms with van der Waals surface area (Å²) in [6.45, 7) is 7.47. The monoisotopic (exact) mass is 252 g/mol. The molecule has 2 nitrogen and oxygen atoms in total. The molecule has 1 saturated carbocycles. The number of rotatable bonds is 6. The second-order valence-electron chi connectivity index (χ2n) is 6.54. The highest BCUT2D eigenvalue weighted by Gasteiger charge is 2.47. The summed E-state index contributed by atoms with van der Waals surface area (Å²) in [5.74, 6) is 0.804. The molecule has 0 aromatic rings. The summed E-state index contributed by atoms with van der Waals surface area (Å²) >= 11 is 0. The summed E-state index contributed by atoms with van der Waals surface area (Å²) in [6, 6.07) is 0.693. The van der Waals surface area contributed by atoms with Gasteiger partial charge in [0, 0.05) is 11.6 Å². The lowest BCUT2D eigenvalue weighted by Gasteiger charge is -2.47. The molecule has 2 heteroatoms. The van der Waals surface area contributed by atoms with Gasteiger partial charge in [-0.3, -0.25) is 4.90 Å². The van der Waals surface area contributed by atoms with Crippen LogP contribution >= 0.6 is 0 Å². The Kier molecular flexibility index (Phi) is 5.08. The van der Waals surface area contributed by atoms with Gasteiger partial charge in [-0.15, -0.1) is 0 Å². The van der Waals surface area contributed by atoms with Gasteiger partial charge in [-0.25, -0.2) is 0 Å². The third-order valence-corrected chi connectivity index (χ3v) is 5.41. The highest BCUT2D eigenvalue weighted by molar-refractivity contribution is 5.05. The molecule has 0 radical (unpaired) electrons. The van der Waals surface area contributed by atoms with E-state index in [2.05, 4.69) is 31.1 Å². The van der Waals surface area contributed by atoms with Crippen LogP contribution in [0.25, 0.3) is 0 Å². The summed E-state index contributed by atoms with van der Waals surface area (Å²) in [7, 11) is 2.19. The molecule has 0 bridgehead atoms. The molecule has 2 fully saturated rings. The van der Waals surface area contributed by atoms with Crippen LogP contribution in [-0.4, -0.2) is 36.6 Å². The van der Waals surface area contributed by atoms with Crippen LogP contribution in [0.3, 0.4) is 0 Å². The second-order valence-corrected chi connectivity index (χ2v) is 6.54. The molecule has 0 aromatic carbocycles. The molecular formula is C16H32N2. The molecule has 2 atom stereocenters. The van der Waals surface area contributed by atoms with Crippen molar-refractivity contribution in [2.45, 2.75) is 76.8 Å². The topological polar surface area (TPSA) is 15.3 Å². The molecule has 1 heterocycles. The van der Waals surface area contributed by atoms with Crippen LogP contribution in [0.15, 0.2) is 0 Å². The molecule has 1 aliphatic carbocycles. The normalized spacial score (nSPS) is 27.5. The van der Waals surface area contributed by atoms with Gasteiger partial charge in [0.15, 0.2) is 0 Å². The van der Waals surface area contributed by atoms with Gasteiger partial charge in [0.1, 0.15) is 0 Å². The number of likely N-dealkylation sites (tertiary alicyclic amines) is 1. The lowest BCUT2D eigenvalue weighted by molar-refractivity contribution is 0.0552. The van der Waals surface area contributed by atoms with E-state index in [1.54, 1.807) is 0 Å². The largest absolute Gasteiger partial charge is 0.315 e. The maximum atomic E-state index is 3.70. The van der Waals surface area contributed by atoms with Gasteiger partial charge >= 0.3 is 0 Å². The Labute approximate surface area is 114 Å². The maximum Gasteiger partial charge on any atom is 0.0365 e.